The van der Waals surface area contributed by atoms with Crippen molar-refractivity contribution in [1.82, 2.24) is 10.2 Å². The monoisotopic (exact) mass is 256 g/mol. The van der Waals surface area contributed by atoms with Crippen LogP contribution in [0.4, 0.5) is 4.79 Å². The molecule has 0 spiro atoms. The summed E-state index contributed by atoms with van der Waals surface area (Å²) in [5.74, 6) is -0.831. The van der Waals surface area contributed by atoms with Gasteiger partial charge < -0.3 is 15.3 Å². The highest BCUT2D eigenvalue weighted by Gasteiger charge is 2.28. The molecule has 0 aromatic carbocycles. The number of carbonyl (C=O) groups excluding carboxylic acids is 1. The van der Waals surface area contributed by atoms with E-state index >= 15 is 0 Å². The number of amides is 2. The molecule has 0 aromatic rings. The second-order valence-corrected chi connectivity index (χ2v) is 4.90. The van der Waals surface area contributed by atoms with Gasteiger partial charge in [0.25, 0.3) is 0 Å². The van der Waals surface area contributed by atoms with E-state index in [1.54, 1.807) is 4.90 Å². The van der Waals surface area contributed by atoms with Gasteiger partial charge in [-0.3, -0.25) is 4.79 Å². The van der Waals surface area contributed by atoms with Crippen molar-refractivity contribution in [2.24, 2.45) is 0 Å². The zero-order valence-corrected chi connectivity index (χ0v) is 11.3. The molecule has 1 aliphatic rings. The highest BCUT2D eigenvalue weighted by molar-refractivity contribution is 5.76. The number of nitrogens with zero attached hydrogens (tertiary/aromatic N) is 1. The van der Waals surface area contributed by atoms with Crippen LogP contribution in [-0.2, 0) is 4.79 Å². The maximum atomic E-state index is 12.1. The molecule has 1 aliphatic heterocycles. The maximum Gasteiger partial charge on any atom is 0.317 e. The van der Waals surface area contributed by atoms with E-state index in [1.165, 1.54) is 0 Å². The fourth-order valence-corrected chi connectivity index (χ4v) is 2.43. The predicted octanol–water partition coefficient (Wildman–Crippen LogP) is 2.21. The number of carbonyl (C=O) groups is 2. The molecule has 1 atom stereocenters. The largest absolute Gasteiger partial charge is 0.481 e. The van der Waals surface area contributed by atoms with Crippen molar-refractivity contribution in [2.75, 3.05) is 6.54 Å². The Morgan fingerprint density at radius 1 is 1.33 bits per heavy atom. The first-order valence-electron chi connectivity index (χ1n) is 6.87. The molecule has 2 N–H and O–H groups in total. The van der Waals surface area contributed by atoms with Gasteiger partial charge in [0.05, 0.1) is 6.42 Å². The van der Waals surface area contributed by atoms with Gasteiger partial charge in [0.1, 0.15) is 0 Å². The first-order valence-corrected chi connectivity index (χ1v) is 6.87. The van der Waals surface area contributed by atoms with Crippen LogP contribution >= 0.6 is 0 Å². The molecule has 0 radical (unpaired) electrons. The number of hydrogen-bond acceptors (Lipinski definition) is 2. The van der Waals surface area contributed by atoms with Gasteiger partial charge in [-0.2, -0.15) is 0 Å². The zero-order valence-electron chi connectivity index (χ0n) is 11.3. The second kappa shape index (κ2) is 7.24. The minimum atomic E-state index is -0.831. The molecular weight excluding hydrogens is 232 g/mol. The Bertz CT molecular complexity index is 290. The molecular formula is C13H24N2O3. The fourth-order valence-electron chi connectivity index (χ4n) is 2.43. The van der Waals surface area contributed by atoms with Crippen molar-refractivity contribution in [3.63, 3.8) is 0 Å². The maximum absolute atomic E-state index is 12.1. The van der Waals surface area contributed by atoms with Gasteiger partial charge in [0.15, 0.2) is 0 Å². The zero-order chi connectivity index (χ0) is 13.5. The highest BCUT2D eigenvalue weighted by Crippen LogP contribution is 2.20. The Balaban J connectivity index is 2.59. The van der Waals surface area contributed by atoms with Crippen LogP contribution in [0, 0.1) is 0 Å². The van der Waals surface area contributed by atoms with Crippen LogP contribution in [0.2, 0.25) is 0 Å². The fraction of sp³-hybridized carbons (Fsp3) is 0.846. The van der Waals surface area contributed by atoms with E-state index < -0.39 is 5.97 Å². The average Bonchev–Trinajstić information content (AvgIpc) is 2.35. The summed E-state index contributed by atoms with van der Waals surface area (Å²) in [6.07, 6.45) is 4.62. The molecule has 0 aliphatic carbocycles. The molecule has 0 saturated carbocycles. The summed E-state index contributed by atoms with van der Waals surface area (Å²) in [5, 5.41) is 11.9. The number of aliphatic carboxylic acids is 1. The Morgan fingerprint density at radius 2 is 2.00 bits per heavy atom. The van der Waals surface area contributed by atoms with E-state index in [0.29, 0.717) is 6.54 Å². The van der Waals surface area contributed by atoms with Crippen LogP contribution in [0.1, 0.15) is 52.4 Å². The number of carboxylic acids is 1. The van der Waals surface area contributed by atoms with Crippen LogP contribution in [0.5, 0.6) is 0 Å². The SMILES string of the molecule is CCC(CC)NC(=O)N1CCCCC1CC(=O)O. The summed E-state index contributed by atoms with van der Waals surface area (Å²) >= 11 is 0. The third kappa shape index (κ3) is 4.20. The molecule has 1 unspecified atom stereocenters. The third-order valence-corrected chi connectivity index (χ3v) is 3.61. The Morgan fingerprint density at radius 3 is 2.56 bits per heavy atom. The number of urea groups is 1. The lowest BCUT2D eigenvalue weighted by molar-refractivity contribution is -0.138. The summed E-state index contributed by atoms with van der Waals surface area (Å²) in [6.45, 7) is 4.75. The van der Waals surface area contributed by atoms with Gasteiger partial charge in [0, 0.05) is 18.6 Å². The Hall–Kier alpha value is -1.26. The van der Waals surface area contributed by atoms with Crippen LogP contribution in [0.15, 0.2) is 0 Å². The molecule has 0 bridgehead atoms. The number of carboxylic acid groups (broad SMARTS) is 1. The lowest BCUT2D eigenvalue weighted by Crippen LogP contribution is -2.51. The van der Waals surface area contributed by atoms with Crippen molar-refractivity contribution in [3.05, 3.63) is 0 Å². The third-order valence-electron chi connectivity index (χ3n) is 3.61. The lowest BCUT2D eigenvalue weighted by atomic mass is 10.00. The van der Waals surface area contributed by atoms with E-state index in [1.807, 2.05) is 13.8 Å². The highest BCUT2D eigenvalue weighted by atomic mass is 16.4. The molecule has 1 rings (SSSR count). The van der Waals surface area contributed by atoms with Crippen LogP contribution in [-0.4, -0.2) is 40.6 Å². The van der Waals surface area contributed by atoms with Crippen molar-refractivity contribution in [1.29, 1.82) is 0 Å². The molecule has 0 aromatic heterocycles. The Kier molecular flexibility index (Phi) is 5.95. The molecule has 1 fully saturated rings. The van der Waals surface area contributed by atoms with E-state index in [2.05, 4.69) is 5.32 Å². The van der Waals surface area contributed by atoms with E-state index in [-0.39, 0.29) is 24.5 Å². The van der Waals surface area contributed by atoms with Crippen LogP contribution in [0.25, 0.3) is 0 Å². The van der Waals surface area contributed by atoms with Crippen molar-refractivity contribution in [2.45, 2.75) is 64.5 Å². The van der Waals surface area contributed by atoms with Gasteiger partial charge >= 0.3 is 12.0 Å². The number of hydrogen-bond donors (Lipinski definition) is 2. The van der Waals surface area contributed by atoms with E-state index in [0.717, 1.165) is 32.1 Å². The van der Waals surface area contributed by atoms with Gasteiger partial charge in [-0.1, -0.05) is 13.8 Å². The quantitative estimate of drug-likeness (QED) is 0.792. The standard InChI is InChI=1S/C13H24N2O3/c1-3-10(4-2)14-13(18)15-8-6-5-7-11(15)9-12(16)17/h10-11H,3-9H2,1-2H3,(H,14,18)(H,16,17). The normalized spacial score (nSPS) is 19.9. The summed E-state index contributed by atoms with van der Waals surface area (Å²) in [4.78, 5) is 24.7. The Labute approximate surface area is 109 Å². The van der Waals surface area contributed by atoms with E-state index in [4.69, 9.17) is 5.11 Å². The molecule has 1 saturated heterocycles. The number of nitrogens with one attached hydrogen (secondary N) is 1. The van der Waals surface area contributed by atoms with Crippen molar-refractivity contribution >= 4 is 12.0 Å². The van der Waals surface area contributed by atoms with Crippen molar-refractivity contribution < 1.29 is 14.7 Å². The number of likely N-dealkylation sites (tertiary alicyclic amines) is 1. The summed E-state index contributed by atoms with van der Waals surface area (Å²) in [7, 11) is 0. The lowest BCUT2D eigenvalue weighted by Gasteiger charge is -2.35. The smallest absolute Gasteiger partial charge is 0.317 e. The molecule has 2 amide bonds. The average molecular weight is 256 g/mol. The first kappa shape index (κ1) is 14.8. The molecule has 18 heavy (non-hydrogen) atoms. The second-order valence-electron chi connectivity index (χ2n) is 4.90. The topological polar surface area (TPSA) is 69.6 Å². The molecule has 5 heteroatoms. The summed E-state index contributed by atoms with van der Waals surface area (Å²) in [5.41, 5.74) is 0. The van der Waals surface area contributed by atoms with Crippen molar-refractivity contribution in [3.8, 4) is 0 Å². The molecule has 104 valence electrons. The van der Waals surface area contributed by atoms with E-state index in [9.17, 15) is 9.59 Å². The molecule has 5 nitrogen and oxygen atoms in total. The molecule has 1 heterocycles. The van der Waals surface area contributed by atoms with Crippen LogP contribution in [0.3, 0.4) is 0 Å². The predicted molar refractivity (Wildman–Crippen MR) is 69.5 cm³/mol. The summed E-state index contributed by atoms with van der Waals surface area (Å²) < 4.78 is 0. The minimum Gasteiger partial charge on any atom is -0.481 e. The number of rotatable bonds is 5. The van der Waals surface area contributed by atoms with Gasteiger partial charge in [-0.05, 0) is 32.1 Å². The van der Waals surface area contributed by atoms with Gasteiger partial charge in [-0.15, -0.1) is 0 Å². The van der Waals surface area contributed by atoms with Crippen LogP contribution < -0.4 is 5.32 Å². The summed E-state index contributed by atoms with van der Waals surface area (Å²) in [6, 6.07) is -0.0647. The first-order chi connectivity index (χ1) is 8.58. The number of piperidine rings is 1. The minimum absolute atomic E-state index is 0.0519. The van der Waals surface area contributed by atoms with Gasteiger partial charge in [0.2, 0.25) is 0 Å². The van der Waals surface area contributed by atoms with Gasteiger partial charge in [-0.25, -0.2) is 4.79 Å².